The van der Waals surface area contributed by atoms with Crippen LogP contribution in [0.4, 0.5) is 5.69 Å². The number of aromatic hydroxyl groups is 1. The molecule has 2 rings (SSSR count). The van der Waals surface area contributed by atoms with Crippen LogP contribution in [0.2, 0.25) is 0 Å². The number of halogens is 1. The van der Waals surface area contributed by atoms with Gasteiger partial charge in [-0.1, -0.05) is 0 Å². The lowest BCUT2D eigenvalue weighted by Gasteiger charge is -1.98. The standard InChI is InChI=1S/C8H6BrNOS/c9-5-3-12-8-4(5)1-2-6(11)7(8)10/h1-3,11H,10H2. The summed E-state index contributed by atoms with van der Waals surface area (Å²) in [5.74, 6) is 0.150. The SMILES string of the molecule is Nc1c(O)ccc2c(Br)csc12. The summed E-state index contributed by atoms with van der Waals surface area (Å²) in [6, 6.07) is 3.46. The van der Waals surface area contributed by atoms with Crippen molar-refractivity contribution < 1.29 is 5.11 Å². The maximum absolute atomic E-state index is 9.29. The Kier molecular flexibility index (Phi) is 1.73. The fraction of sp³-hybridized carbons (Fsp3) is 0. The number of benzene rings is 1. The van der Waals surface area contributed by atoms with Crippen LogP contribution in [0.3, 0.4) is 0 Å². The van der Waals surface area contributed by atoms with Gasteiger partial charge in [-0.15, -0.1) is 11.3 Å². The molecule has 1 aromatic carbocycles. The van der Waals surface area contributed by atoms with Gasteiger partial charge in [-0.05, 0) is 28.1 Å². The van der Waals surface area contributed by atoms with E-state index in [-0.39, 0.29) is 5.75 Å². The monoisotopic (exact) mass is 243 g/mol. The van der Waals surface area contributed by atoms with E-state index in [1.54, 1.807) is 6.07 Å². The number of fused-ring (bicyclic) bond motifs is 1. The molecule has 0 bridgehead atoms. The minimum Gasteiger partial charge on any atom is -0.506 e. The number of rotatable bonds is 0. The molecular formula is C8H6BrNOS. The molecule has 0 aliphatic carbocycles. The van der Waals surface area contributed by atoms with Crippen molar-refractivity contribution in [3.05, 3.63) is 22.0 Å². The Morgan fingerprint density at radius 2 is 2.17 bits per heavy atom. The highest BCUT2D eigenvalue weighted by Crippen LogP contribution is 2.38. The molecule has 2 aromatic rings. The number of hydrogen-bond acceptors (Lipinski definition) is 3. The van der Waals surface area contributed by atoms with E-state index in [2.05, 4.69) is 15.9 Å². The number of hydrogen-bond donors (Lipinski definition) is 2. The van der Waals surface area contributed by atoms with Gasteiger partial charge < -0.3 is 10.8 Å². The van der Waals surface area contributed by atoms with Crippen LogP contribution in [0, 0.1) is 0 Å². The van der Waals surface area contributed by atoms with Gasteiger partial charge in [0.2, 0.25) is 0 Å². The summed E-state index contributed by atoms with van der Waals surface area (Å²) in [6.07, 6.45) is 0. The van der Waals surface area contributed by atoms with Gasteiger partial charge >= 0.3 is 0 Å². The van der Waals surface area contributed by atoms with Gasteiger partial charge in [0.25, 0.3) is 0 Å². The zero-order chi connectivity index (χ0) is 8.72. The molecule has 0 fully saturated rings. The average molecular weight is 244 g/mol. The molecule has 2 nitrogen and oxygen atoms in total. The van der Waals surface area contributed by atoms with Crippen molar-refractivity contribution in [1.29, 1.82) is 0 Å². The van der Waals surface area contributed by atoms with E-state index in [1.165, 1.54) is 11.3 Å². The number of nitrogens with two attached hydrogens (primary N) is 1. The Bertz CT molecular complexity index is 438. The molecule has 1 aromatic heterocycles. The van der Waals surface area contributed by atoms with Gasteiger partial charge in [0, 0.05) is 15.2 Å². The number of nitrogen functional groups attached to an aromatic ring is 1. The molecule has 1 heterocycles. The highest BCUT2D eigenvalue weighted by atomic mass is 79.9. The Balaban J connectivity index is 2.93. The second kappa shape index (κ2) is 2.64. The molecule has 0 saturated carbocycles. The summed E-state index contributed by atoms with van der Waals surface area (Å²) < 4.78 is 1.95. The number of anilines is 1. The number of phenolic OH excluding ortho intramolecular Hbond substituents is 1. The second-order valence-electron chi connectivity index (χ2n) is 2.46. The number of phenols is 1. The van der Waals surface area contributed by atoms with E-state index < -0.39 is 0 Å². The Labute approximate surface area is 81.8 Å². The third kappa shape index (κ3) is 0.990. The van der Waals surface area contributed by atoms with E-state index in [9.17, 15) is 5.11 Å². The molecule has 0 radical (unpaired) electrons. The third-order valence-electron chi connectivity index (χ3n) is 1.71. The lowest BCUT2D eigenvalue weighted by Crippen LogP contribution is -1.84. The van der Waals surface area contributed by atoms with Crippen LogP contribution in [0.25, 0.3) is 10.1 Å². The summed E-state index contributed by atoms with van der Waals surface area (Å²) in [7, 11) is 0. The molecule has 0 unspecified atom stereocenters. The predicted molar refractivity (Wildman–Crippen MR) is 55.6 cm³/mol. The van der Waals surface area contributed by atoms with E-state index in [0.29, 0.717) is 5.69 Å². The van der Waals surface area contributed by atoms with Crippen molar-refractivity contribution in [2.24, 2.45) is 0 Å². The summed E-state index contributed by atoms with van der Waals surface area (Å²) in [6.45, 7) is 0. The van der Waals surface area contributed by atoms with Crippen LogP contribution in [0.1, 0.15) is 0 Å². The maximum atomic E-state index is 9.29. The number of thiophene rings is 1. The highest BCUT2D eigenvalue weighted by Gasteiger charge is 2.06. The molecule has 12 heavy (non-hydrogen) atoms. The van der Waals surface area contributed by atoms with Crippen molar-refractivity contribution in [3.63, 3.8) is 0 Å². The van der Waals surface area contributed by atoms with E-state index in [4.69, 9.17) is 5.73 Å². The van der Waals surface area contributed by atoms with E-state index in [0.717, 1.165) is 14.6 Å². The fourth-order valence-electron chi connectivity index (χ4n) is 1.08. The molecule has 4 heteroatoms. The normalized spacial score (nSPS) is 10.8. The van der Waals surface area contributed by atoms with Crippen molar-refractivity contribution in [2.75, 3.05) is 5.73 Å². The van der Waals surface area contributed by atoms with Crippen LogP contribution in [0.15, 0.2) is 22.0 Å². The molecule has 0 amide bonds. The minimum atomic E-state index is 0.150. The molecule has 62 valence electrons. The first-order valence-electron chi connectivity index (χ1n) is 3.34. The first kappa shape index (κ1) is 7.89. The lowest BCUT2D eigenvalue weighted by molar-refractivity contribution is 0.479. The molecular weight excluding hydrogens is 238 g/mol. The quantitative estimate of drug-likeness (QED) is 0.552. The lowest BCUT2D eigenvalue weighted by atomic mass is 10.2. The van der Waals surface area contributed by atoms with E-state index in [1.807, 2.05) is 11.4 Å². The topological polar surface area (TPSA) is 46.2 Å². The van der Waals surface area contributed by atoms with Crippen molar-refractivity contribution in [1.82, 2.24) is 0 Å². The van der Waals surface area contributed by atoms with Gasteiger partial charge in [0.1, 0.15) is 5.75 Å². The first-order chi connectivity index (χ1) is 5.70. The molecule has 0 aliphatic heterocycles. The van der Waals surface area contributed by atoms with Crippen LogP contribution < -0.4 is 5.73 Å². The summed E-state index contributed by atoms with van der Waals surface area (Å²) in [4.78, 5) is 0. The van der Waals surface area contributed by atoms with Crippen LogP contribution in [-0.4, -0.2) is 5.11 Å². The molecule has 0 aliphatic rings. The second-order valence-corrected chi connectivity index (χ2v) is 4.19. The van der Waals surface area contributed by atoms with Gasteiger partial charge in [0.05, 0.1) is 10.4 Å². The molecule has 0 spiro atoms. The molecule has 3 N–H and O–H groups in total. The smallest absolute Gasteiger partial charge is 0.139 e. The summed E-state index contributed by atoms with van der Waals surface area (Å²) in [5, 5.41) is 12.3. The van der Waals surface area contributed by atoms with Gasteiger partial charge in [-0.25, -0.2) is 0 Å². The Morgan fingerprint density at radius 1 is 1.42 bits per heavy atom. The summed E-state index contributed by atoms with van der Waals surface area (Å²) in [5.41, 5.74) is 6.13. The van der Waals surface area contributed by atoms with Crippen LogP contribution in [-0.2, 0) is 0 Å². The Hall–Kier alpha value is -0.740. The van der Waals surface area contributed by atoms with E-state index >= 15 is 0 Å². The van der Waals surface area contributed by atoms with Gasteiger partial charge in [-0.3, -0.25) is 0 Å². The van der Waals surface area contributed by atoms with Crippen molar-refractivity contribution in [2.45, 2.75) is 0 Å². The van der Waals surface area contributed by atoms with Crippen LogP contribution in [0.5, 0.6) is 5.75 Å². The third-order valence-corrected chi connectivity index (χ3v) is 3.70. The van der Waals surface area contributed by atoms with Gasteiger partial charge in [0.15, 0.2) is 0 Å². The van der Waals surface area contributed by atoms with Crippen molar-refractivity contribution in [3.8, 4) is 5.75 Å². The zero-order valence-electron chi connectivity index (χ0n) is 6.04. The average Bonchev–Trinajstić information content (AvgIpc) is 2.41. The molecule has 0 atom stereocenters. The highest BCUT2D eigenvalue weighted by molar-refractivity contribution is 9.10. The van der Waals surface area contributed by atoms with Gasteiger partial charge in [-0.2, -0.15) is 0 Å². The molecule has 0 saturated heterocycles. The first-order valence-corrected chi connectivity index (χ1v) is 5.01. The van der Waals surface area contributed by atoms with Crippen LogP contribution >= 0.6 is 27.3 Å². The Morgan fingerprint density at radius 3 is 2.92 bits per heavy atom. The fourth-order valence-corrected chi connectivity index (χ4v) is 2.71. The maximum Gasteiger partial charge on any atom is 0.139 e. The largest absolute Gasteiger partial charge is 0.506 e. The predicted octanol–water partition coefficient (Wildman–Crippen LogP) is 2.95. The minimum absolute atomic E-state index is 0.150. The summed E-state index contributed by atoms with van der Waals surface area (Å²) >= 11 is 4.92. The zero-order valence-corrected chi connectivity index (χ0v) is 8.45. The van der Waals surface area contributed by atoms with Crippen molar-refractivity contribution >= 4 is 43.0 Å².